The highest BCUT2D eigenvalue weighted by molar-refractivity contribution is 7.83. The summed E-state index contributed by atoms with van der Waals surface area (Å²) in [7, 11) is -10.0. The van der Waals surface area contributed by atoms with Crippen LogP contribution < -0.4 is 4.72 Å². The van der Waals surface area contributed by atoms with E-state index < -0.39 is 88.3 Å². The number of carbonyl (C=O) groups excluding carboxylic acids is 1. The van der Waals surface area contributed by atoms with Gasteiger partial charge in [0, 0.05) is 0 Å². The van der Waals surface area contributed by atoms with E-state index in [4.69, 9.17) is 39.7 Å². The molecule has 1 aliphatic heterocycles. The predicted molar refractivity (Wildman–Crippen MR) is 96.6 cm³/mol. The van der Waals surface area contributed by atoms with Gasteiger partial charge in [0.05, 0.1) is 6.61 Å². The fourth-order valence-electron chi connectivity index (χ4n) is 2.25. The van der Waals surface area contributed by atoms with Gasteiger partial charge in [-0.25, -0.2) is 8.98 Å². The highest BCUT2D eigenvalue weighted by Gasteiger charge is 2.48. The highest BCUT2D eigenvalue weighted by Crippen LogP contribution is 2.24. The summed E-state index contributed by atoms with van der Waals surface area (Å²) in [6.07, 6.45) is -15.9. The van der Waals surface area contributed by atoms with Crippen LogP contribution in [0.2, 0.25) is 0 Å². The number of carboxylic acids is 1. The third kappa shape index (κ3) is 10.6. The van der Waals surface area contributed by atoms with Crippen molar-refractivity contribution in [1.29, 1.82) is 0 Å². The lowest BCUT2D eigenvalue weighted by molar-refractivity contribution is -0.247. The number of aliphatic hydroxyl groups excluding tert-OH is 7. The molecule has 0 radical (unpaired) electrons. The van der Waals surface area contributed by atoms with Crippen LogP contribution in [-0.4, -0.2) is 141 Å². The van der Waals surface area contributed by atoms with Crippen molar-refractivity contribution in [3.05, 3.63) is 0 Å². The molecule has 0 amide bonds. The fourth-order valence-corrected chi connectivity index (χ4v) is 3.36. The van der Waals surface area contributed by atoms with Crippen LogP contribution in [0.25, 0.3) is 0 Å². The molecule has 9 atom stereocenters. The van der Waals surface area contributed by atoms with Gasteiger partial charge in [-0.15, -0.1) is 0 Å². The number of rotatable bonds is 10. The van der Waals surface area contributed by atoms with Gasteiger partial charge < -0.3 is 50.4 Å². The number of ether oxygens (including phenoxy) is 1. The van der Waals surface area contributed by atoms with Gasteiger partial charge in [0.1, 0.15) is 42.7 Å². The predicted octanol–water partition coefficient (Wildman–Crippen LogP) is -7.28. The molecule has 33 heavy (non-hydrogen) atoms. The number of carbonyl (C=O) groups is 2. The molecule has 1 fully saturated rings. The van der Waals surface area contributed by atoms with Crippen molar-refractivity contribution >= 4 is 33.0 Å². The molecule has 0 aliphatic carbocycles. The Hall–Kier alpha value is -1.44. The average molecular weight is 533 g/mol. The lowest BCUT2D eigenvalue weighted by Gasteiger charge is -2.40. The summed E-state index contributed by atoms with van der Waals surface area (Å²) in [5.74, 6) is -1.76. The van der Waals surface area contributed by atoms with Crippen molar-refractivity contribution in [3.8, 4) is 0 Å². The van der Waals surface area contributed by atoms with E-state index in [0.717, 1.165) is 0 Å². The lowest BCUT2D eigenvalue weighted by atomic mass is 9.98. The van der Waals surface area contributed by atoms with E-state index in [9.17, 15) is 36.6 Å². The molecule has 0 aromatic carbocycles. The standard InChI is InChI=1S/C6H13NO11S2.C6H10O7/c8-1-2-4(9)5(18-20(14,15)16)3(6(10)17-2)7-19(11,12)13;7-1-2(8)3(9)4(10)5(11)6(12)13/h2-10H,1H2,(H,11,12,13)(H,14,15,16);1-5,8-11H,(H,12,13)/t2-,3-,4-,5-,6?;/m1./s1. The molecule has 21 heteroatoms. The molecule has 0 aromatic heterocycles. The summed E-state index contributed by atoms with van der Waals surface area (Å²) in [5.41, 5.74) is 0. The molecule has 0 bridgehead atoms. The van der Waals surface area contributed by atoms with Crippen LogP contribution in [0.1, 0.15) is 0 Å². The van der Waals surface area contributed by atoms with Crippen LogP contribution in [-0.2, 0) is 39.2 Å². The molecule has 19 nitrogen and oxygen atoms in total. The van der Waals surface area contributed by atoms with E-state index in [2.05, 4.69) is 8.92 Å². The van der Waals surface area contributed by atoms with E-state index in [-0.39, 0.29) is 6.29 Å². The molecule has 5 unspecified atom stereocenters. The van der Waals surface area contributed by atoms with Gasteiger partial charge in [-0.05, 0) is 0 Å². The summed E-state index contributed by atoms with van der Waals surface area (Å²) in [6.45, 7) is -0.859. The SMILES string of the molecule is O=CC(O)C(O)C(O)C(O)C(=O)O.O=S(=O)(O)N[C@H]1C(O)O[C@H](CO)[C@@H](O)[C@@H]1OS(=O)(=O)O. The summed E-state index contributed by atoms with van der Waals surface area (Å²) >= 11 is 0. The van der Waals surface area contributed by atoms with E-state index in [1.807, 2.05) is 0 Å². The number of nitrogens with one attached hydrogen (secondary N) is 1. The Bertz CT molecular complexity index is 846. The minimum atomic E-state index is -5.12. The summed E-state index contributed by atoms with van der Waals surface area (Å²) in [4.78, 5) is 20.0. The third-order valence-electron chi connectivity index (χ3n) is 3.81. The molecule has 196 valence electrons. The molecular formula is C12H23NO18S2. The van der Waals surface area contributed by atoms with Gasteiger partial charge in [-0.2, -0.15) is 21.6 Å². The Labute approximate surface area is 185 Å². The van der Waals surface area contributed by atoms with E-state index >= 15 is 0 Å². The Morgan fingerprint density at radius 1 is 1.06 bits per heavy atom. The largest absolute Gasteiger partial charge is 0.479 e. The first kappa shape index (κ1) is 31.6. The molecule has 1 saturated heterocycles. The van der Waals surface area contributed by atoms with Gasteiger partial charge in [0.2, 0.25) is 0 Å². The second-order valence-corrected chi connectivity index (χ2v) is 8.47. The van der Waals surface area contributed by atoms with Crippen LogP contribution in [0.3, 0.4) is 0 Å². The Morgan fingerprint density at radius 2 is 1.58 bits per heavy atom. The van der Waals surface area contributed by atoms with Crippen LogP contribution in [0, 0.1) is 0 Å². The summed E-state index contributed by atoms with van der Waals surface area (Å²) in [6, 6.07) is -1.95. The molecule has 1 rings (SSSR count). The smallest absolute Gasteiger partial charge is 0.397 e. The zero-order valence-electron chi connectivity index (χ0n) is 16.0. The van der Waals surface area contributed by atoms with E-state index in [1.54, 1.807) is 0 Å². The second-order valence-electron chi connectivity index (χ2n) is 6.24. The zero-order valence-corrected chi connectivity index (χ0v) is 17.7. The van der Waals surface area contributed by atoms with Gasteiger partial charge in [-0.3, -0.25) is 9.11 Å². The van der Waals surface area contributed by atoms with Crippen molar-refractivity contribution in [1.82, 2.24) is 4.72 Å². The van der Waals surface area contributed by atoms with Gasteiger partial charge in [0.15, 0.2) is 18.7 Å². The lowest BCUT2D eigenvalue weighted by Crippen LogP contribution is -2.65. The first-order valence-corrected chi connectivity index (χ1v) is 11.1. The molecule has 0 aromatic rings. The van der Waals surface area contributed by atoms with Gasteiger partial charge in [0.25, 0.3) is 0 Å². The molecule has 0 saturated carbocycles. The van der Waals surface area contributed by atoms with Crippen molar-refractivity contribution in [3.63, 3.8) is 0 Å². The number of hydrogen-bond acceptors (Lipinski definition) is 15. The van der Waals surface area contributed by atoms with Crippen molar-refractivity contribution in [2.75, 3.05) is 6.61 Å². The average Bonchev–Trinajstić information content (AvgIpc) is 2.69. The number of hydrogen-bond donors (Lipinski definition) is 11. The maximum absolute atomic E-state index is 10.7. The third-order valence-corrected chi connectivity index (χ3v) is 4.84. The van der Waals surface area contributed by atoms with Crippen LogP contribution in [0.15, 0.2) is 0 Å². The van der Waals surface area contributed by atoms with Crippen molar-refractivity contribution in [2.45, 2.75) is 55.1 Å². The van der Waals surface area contributed by atoms with Crippen LogP contribution >= 0.6 is 0 Å². The maximum Gasteiger partial charge on any atom is 0.397 e. The minimum absolute atomic E-state index is 0.0809. The quantitative estimate of drug-likeness (QED) is 0.0916. The van der Waals surface area contributed by atoms with Crippen LogP contribution in [0.4, 0.5) is 0 Å². The number of aldehydes is 1. The number of carboxylic acid groups (broad SMARTS) is 1. The minimum Gasteiger partial charge on any atom is -0.479 e. The second kappa shape index (κ2) is 12.9. The number of aliphatic carboxylic acids is 1. The van der Waals surface area contributed by atoms with Crippen LogP contribution in [0.5, 0.6) is 0 Å². The monoisotopic (exact) mass is 533 g/mol. The maximum atomic E-state index is 10.7. The van der Waals surface area contributed by atoms with Crippen molar-refractivity contribution < 1.29 is 85.3 Å². The summed E-state index contributed by atoms with van der Waals surface area (Å²) in [5, 5.41) is 71.2. The fraction of sp³-hybridized carbons (Fsp3) is 0.833. The molecule has 1 heterocycles. The topological polar surface area (TPSA) is 335 Å². The first-order valence-electron chi connectivity index (χ1n) is 8.29. The Balaban J connectivity index is 0.000000684. The normalized spacial score (nSPS) is 29.7. The molecule has 1 aliphatic rings. The Morgan fingerprint density at radius 3 is 1.94 bits per heavy atom. The van der Waals surface area contributed by atoms with E-state index in [1.165, 1.54) is 4.72 Å². The van der Waals surface area contributed by atoms with E-state index in [0.29, 0.717) is 0 Å². The van der Waals surface area contributed by atoms with Crippen molar-refractivity contribution in [2.24, 2.45) is 0 Å². The summed E-state index contributed by atoms with van der Waals surface area (Å²) < 4.78 is 69.9. The number of aliphatic hydroxyl groups is 7. The van der Waals surface area contributed by atoms with Gasteiger partial charge >= 0.3 is 26.7 Å². The zero-order chi connectivity index (χ0) is 26.3. The molecule has 11 N–H and O–H groups in total. The highest BCUT2D eigenvalue weighted by atomic mass is 32.3. The first-order chi connectivity index (χ1) is 14.9. The Kier molecular flexibility index (Phi) is 12.3. The molecular weight excluding hydrogens is 510 g/mol. The van der Waals surface area contributed by atoms with Gasteiger partial charge in [-0.1, -0.05) is 0 Å². The molecule has 0 spiro atoms.